The van der Waals surface area contributed by atoms with Gasteiger partial charge in [0.15, 0.2) is 11.5 Å². The lowest BCUT2D eigenvalue weighted by atomic mass is 10.0. The average molecular weight is 433 g/mol. The van der Waals surface area contributed by atoms with Crippen LogP contribution in [-0.4, -0.2) is 49.8 Å². The molecule has 0 saturated carbocycles. The van der Waals surface area contributed by atoms with Crippen LogP contribution in [0.1, 0.15) is 16.7 Å². The fourth-order valence-corrected chi connectivity index (χ4v) is 3.99. The van der Waals surface area contributed by atoms with Crippen LogP contribution in [0.15, 0.2) is 72.8 Å². The number of rotatable bonds is 7. The number of ether oxygens (including phenoxy) is 1. The summed E-state index contributed by atoms with van der Waals surface area (Å²) in [6, 6.07) is 20.8. The minimum Gasteiger partial charge on any atom is -0.504 e. The van der Waals surface area contributed by atoms with E-state index in [1.54, 1.807) is 13.2 Å². The van der Waals surface area contributed by atoms with Crippen LogP contribution in [0.2, 0.25) is 0 Å². The average Bonchev–Trinajstić information content (AvgIpc) is 2.83. The quantitative estimate of drug-likeness (QED) is 0.572. The Hall–Kier alpha value is -3.31. The maximum atomic E-state index is 13.1. The summed E-state index contributed by atoms with van der Waals surface area (Å²) in [6.45, 7) is 4.92. The third-order valence-corrected chi connectivity index (χ3v) is 5.87. The molecule has 4 nitrogen and oxygen atoms in total. The molecular formula is C27H29FN2O2. The van der Waals surface area contributed by atoms with Crippen LogP contribution >= 0.6 is 0 Å². The summed E-state index contributed by atoms with van der Waals surface area (Å²) in [5.41, 5.74) is 4.61. The Labute approximate surface area is 189 Å². The van der Waals surface area contributed by atoms with E-state index in [-0.39, 0.29) is 11.6 Å². The Morgan fingerprint density at radius 3 is 2.22 bits per heavy atom. The van der Waals surface area contributed by atoms with Crippen molar-refractivity contribution in [3.63, 3.8) is 0 Å². The second-order valence-corrected chi connectivity index (χ2v) is 8.09. The number of halogens is 1. The number of anilines is 1. The van der Waals surface area contributed by atoms with Gasteiger partial charge in [0.25, 0.3) is 0 Å². The molecule has 4 rings (SSSR count). The van der Waals surface area contributed by atoms with Gasteiger partial charge in [-0.05, 0) is 59.5 Å². The first-order valence-corrected chi connectivity index (χ1v) is 10.9. The molecule has 1 heterocycles. The van der Waals surface area contributed by atoms with Crippen molar-refractivity contribution >= 4 is 11.8 Å². The van der Waals surface area contributed by atoms with Crippen LogP contribution in [0, 0.1) is 5.82 Å². The first-order chi connectivity index (χ1) is 15.6. The van der Waals surface area contributed by atoms with Gasteiger partial charge in [-0.25, -0.2) is 4.39 Å². The van der Waals surface area contributed by atoms with Crippen molar-refractivity contribution in [1.82, 2.24) is 4.90 Å². The fourth-order valence-electron chi connectivity index (χ4n) is 3.99. The molecule has 0 bridgehead atoms. The van der Waals surface area contributed by atoms with E-state index in [2.05, 4.69) is 46.2 Å². The first kappa shape index (κ1) is 21.9. The lowest BCUT2D eigenvalue weighted by Gasteiger charge is -2.35. The summed E-state index contributed by atoms with van der Waals surface area (Å²) in [6.07, 6.45) is 5.04. The summed E-state index contributed by atoms with van der Waals surface area (Å²) >= 11 is 0. The number of phenolic OH excluding ortho intramolecular Hbond substituents is 1. The summed E-state index contributed by atoms with van der Waals surface area (Å²) in [5.74, 6) is 0.452. The molecule has 5 heteroatoms. The maximum Gasteiger partial charge on any atom is 0.161 e. The largest absolute Gasteiger partial charge is 0.504 e. The molecule has 32 heavy (non-hydrogen) atoms. The Balaban J connectivity index is 1.25. The highest BCUT2D eigenvalue weighted by atomic mass is 19.1. The number of methoxy groups -OCH3 is 1. The fraction of sp³-hybridized carbons (Fsp3) is 0.259. The van der Waals surface area contributed by atoms with E-state index in [1.165, 1.54) is 23.4 Å². The molecule has 0 radical (unpaired) electrons. The van der Waals surface area contributed by atoms with Crippen molar-refractivity contribution in [2.24, 2.45) is 0 Å². The smallest absolute Gasteiger partial charge is 0.161 e. The molecule has 3 aromatic carbocycles. The van der Waals surface area contributed by atoms with E-state index < -0.39 is 0 Å². The lowest BCUT2D eigenvalue weighted by molar-refractivity contribution is 0.284. The van der Waals surface area contributed by atoms with Gasteiger partial charge in [0.1, 0.15) is 5.82 Å². The number of phenols is 1. The first-order valence-electron chi connectivity index (χ1n) is 10.9. The molecule has 1 aliphatic rings. The van der Waals surface area contributed by atoms with Crippen molar-refractivity contribution in [3.05, 3.63) is 95.3 Å². The Morgan fingerprint density at radius 1 is 0.906 bits per heavy atom. The van der Waals surface area contributed by atoms with E-state index in [1.807, 2.05) is 24.3 Å². The van der Waals surface area contributed by atoms with Crippen molar-refractivity contribution in [1.29, 1.82) is 0 Å². The highest BCUT2D eigenvalue weighted by molar-refractivity contribution is 5.55. The second-order valence-electron chi connectivity index (χ2n) is 8.09. The predicted molar refractivity (Wildman–Crippen MR) is 128 cm³/mol. The highest BCUT2D eigenvalue weighted by Crippen LogP contribution is 2.26. The topological polar surface area (TPSA) is 35.9 Å². The third-order valence-electron chi connectivity index (χ3n) is 5.87. The van der Waals surface area contributed by atoms with E-state index in [0.29, 0.717) is 5.75 Å². The molecule has 1 N–H and O–H groups in total. The number of benzene rings is 3. The molecule has 0 atom stereocenters. The minimum atomic E-state index is -0.195. The molecule has 1 fully saturated rings. The molecule has 0 amide bonds. The zero-order valence-corrected chi connectivity index (χ0v) is 18.4. The SMILES string of the molecule is COc1cc(C=CCN2CCN(c3ccc(Cc4ccc(F)cc4)cc3)CC2)ccc1O. The van der Waals surface area contributed by atoms with Gasteiger partial charge in [0.05, 0.1) is 7.11 Å². The van der Waals surface area contributed by atoms with Crippen LogP contribution in [0.4, 0.5) is 10.1 Å². The normalized spacial score (nSPS) is 14.8. The zero-order valence-electron chi connectivity index (χ0n) is 18.4. The van der Waals surface area contributed by atoms with E-state index in [9.17, 15) is 9.50 Å². The van der Waals surface area contributed by atoms with Crippen molar-refractivity contribution in [3.8, 4) is 11.5 Å². The number of hydrogen-bond donors (Lipinski definition) is 1. The molecule has 0 unspecified atom stereocenters. The van der Waals surface area contributed by atoms with Crippen LogP contribution in [0.5, 0.6) is 11.5 Å². The highest BCUT2D eigenvalue weighted by Gasteiger charge is 2.16. The molecule has 166 valence electrons. The molecule has 0 aliphatic carbocycles. The van der Waals surface area contributed by atoms with Crippen molar-refractivity contribution in [2.75, 3.05) is 44.7 Å². The van der Waals surface area contributed by atoms with Crippen molar-refractivity contribution < 1.29 is 14.2 Å². The van der Waals surface area contributed by atoms with E-state index in [0.717, 1.165) is 50.3 Å². The van der Waals surface area contributed by atoms with Gasteiger partial charge >= 0.3 is 0 Å². The summed E-state index contributed by atoms with van der Waals surface area (Å²) in [4.78, 5) is 4.86. The van der Waals surface area contributed by atoms with Gasteiger partial charge in [0, 0.05) is 38.4 Å². The number of nitrogens with zero attached hydrogens (tertiary/aromatic N) is 2. The van der Waals surface area contributed by atoms with E-state index in [4.69, 9.17) is 4.74 Å². The van der Waals surface area contributed by atoms with Crippen LogP contribution in [0.25, 0.3) is 6.08 Å². The van der Waals surface area contributed by atoms with Gasteiger partial charge in [0.2, 0.25) is 0 Å². The van der Waals surface area contributed by atoms with Gasteiger partial charge in [-0.3, -0.25) is 4.90 Å². The lowest BCUT2D eigenvalue weighted by Crippen LogP contribution is -2.46. The Kier molecular flexibility index (Phi) is 7.07. The number of aromatic hydroxyl groups is 1. The second kappa shape index (κ2) is 10.3. The Bertz CT molecular complexity index is 1040. The molecule has 1 saturated heterocycles. The molecular weight excluding hydrogens is 403 g/mol. The number of hydrogen-bond acceptors (Lipinski definition) is 4. The van der Waals surface area contributed by atoms with Gasteiger partial charge in [-0.1, -0.05) is 42.5 Å². The zero-order chi connectivity index (χ0) is 22.3. The van der Waals surface area contributed by atoms with Crippen LogP contribution in [-0.2, 0) is 6.42 Å². The molecule has 0 spiro atoms. The van der Waals surface area contributed by atoms with E-state index >= 15 is 0 Å². The predicted octanol–water partition coefficient (Wildman–Crippen LogP) is 4.97. The molecule has 1 aliphatic heterocycles. The summed E-state index contributed by atoms with van der Waals surface area (Å²) in [5, 5.41) is 9.70. The monoisotopic (exact) mass is 432 g/mol. The van der Waals surface area contributed by atoms with Gasteiger partial charge in [-0.2, -0.15) is 0 Å². The standard InChI is InChI=1S/C27H29FN2O2/c1-32-27-20-21(8-13-26(27)31)3-2-14-29-15-17-30(18-16-29)25-11-6-23(7-12-25)19-22-4-9-24(28)10-5-22/h2-13,20,31H,14-19H2,1H3. The molecule has 3 aromatic rings. The van der Waals surface area contributed by atoms with Crippen molar-refractivity contribution in [2.45, 2.75) is 6.42 Å². The van der Waals surface area contributed by atoms with Crippen LogP contribution < -0.4 is 9.64 Å². The van der Waals surface area contributed by atoms with Gasteiger partial charge < -0.3 is 14.7 Å². The molecule has 0 aromatic heterocycles. The third kappa shape index (κ3) is 5.68. The van der Waals surface area contributed by atoms with Gasteiger partial charge in [-0.15, -0.1) is 0 Å². The minimum absolute atomic E-state index is 0.157. The maximum absolute atomic E-state index is 13.1. The summed E-state index contributed by atoms with van der Waals surface area (Å²) in [7, 11) is 1.56. The summed E-state index contributed by atoms with van der Waals surface area (Å²) < 4.78 is 18.2. The Morgan fingerprint density at radius 2 is 1.56 bits per heavy atom. The van der Waals surface area contributed by atoms with Crippen LogP contribution in [0.3, 0.4) is 0 Å². The number of piperazine rings is 1.